The van der Waals surface area contributed by atoms with Crippen LogP contribution in [0.5, 0.6) is 0 Å². The molecular formula is C13H15N3O2. The zero-order chi connectivity index (χ0) is 13.1. The van der Waals surface area contributed by atoms with Crippen molar-refractivity contribution in [2.24, 2.45) is 0 Å². The number of hydrogen-bond acceptors (Lipinski definition) is 4. The fourth-order valence-electron chi connectivity index (χ4n) is 2.49. The van der Waals surface area contributed by atoms with Gasteiger partial charge in [-0.2, -0.15) is 5.26 Å². The lowest BCUT2D eigenvalue weighted by Gasteiger charge is -2.29. The summed E-state index contributed by atoms with van der Waals surface area (Å²) in [4.78, 5) is 12.8. The summed E-state index contributed by atoms with van der Waals surface area (Å²) in [5.74, 6) is 0. The van der Waals surface area contributed by atoms with Gasteiger partial charge in [0.1, 0.15) is 5.69 Å². The molecule has 0 bridgehead atoms. The van der Waals surface area contributed by atoms with Crippen LogP contribution in [-0.2, 0) is 0 Å². The molecule has 1 aliphatic rings. The van der Waals surface area contributed by atoms with Gasteiger partial charge in [-0.3, -0.25) is 10.1 Å². The molecule has 1 heterocycles. The molecule has 0 aromatic heterocycles. The Bertz CT molecular complexity index is 514. The second-order valence-electron chi connectivity index (χ2n) is 4.58. The van der Waals surface area contributed by atoms with Crippen LogP contribution in [0.15, 0.2) is 12.1 Å². The summed E-state index contributed by atoms with van der Waals surface area (Å²) in [5.41, 5.74) is 1.88. The van der Waals surface area contributed by atoms with E-state index in [0.29, 0.717) is 11.3 Å². The van der Waals surface area contributed by atoms with E-state index in [1.165, 1.54) is 12.5 Å². The van der Waals surface area contributed by atoms with Gasteiger partial charge < -0.3 is 4.90 Å². The Morgan fingerprint density at radius 2 is 2.00 bits per heavy atom. The van der Waals surface area contributed by atoms with Crippen LogP contribution in [0.2, 0.25) is 0 Å². The molecule has 0 atom stereocenters. The Balaban J connectivity index is 2.50. The highest BCUT2D eigenvalue weighted by Crippen LogP contribution is 2.34. The van der Waals surface area contributed by atoms with Crippen molar-refractivity contribution in [1.82, 2.24) is 0 Å². The Morgan fingerprint density at radius 1 is 1.33 bits per heavy atom. The minimum Gasteiger partial charge on any atom is -0.366 e. The van der Waals surface area contributed by atoms with E-state index in [0.717, 1.165) is 31.5 Å². The van der Waals surface area contributed by atoms with Crippen molar-refractivity contribution in [2.45, 2.75) is 26.2 Å². The first-order valence-electron chi connectivity index (χ1n) is 6.07. The maximum Gasteiger partial charge on any atom is 0.294 e. The average Bonchev–Trinajstić information content (AvgIpc) is 2.38. The monoisotopic (exact) mass is 245 g/mol. The van der Waals surface area contributed by atoms with Gasteiger partial charge in [-0.25, -0.2) is 0 Å². The maximum absolute atomic E-state index is 11.2. The van der Waals surface area contributed by atoms with Crippen LogP contribution in [0, 0.1) is 28.4 Å². The number of nitriles is 1. The third-order valence-corrected chi connectivity index (χ3v) is 3.28. The summed E-state index contributed by atoms with van der Waals surface area (Å²) in [6.45, 7) is 3.54. The van der Waals surface area contributed by atoms with Crippen molar-refractivity contribution in [3.05, 3.63) is 33.4 Å². The average molecular weight is 245 g/mol. The topological polar surface area (TPSA) is 70.2 Å². The molecule has 2 rings (SSSR count). The van der Waals surface area contributed by atoms with E-state index in [-0.39, 0.29) is 5.69 Å². The summed E-state index contributed by atoms with van der Waals surface area (Å²) in [7, 11) is 0. The minimum absolute atomic E-state index is 0.0495. The van der Waals surface area contributed by atoms with Crippen LogP contribution in [0.4, 0.5) is 11.4 Å². The van der Waals surface area contributed by atoms with Crippen molar-refractivity contribution >= 4 is 11.4 Å². The summed E-state index contributed by atoms with van der Waals surface area (Å²) in [6, 6.07) is 5.06. The second kappa shape index (κ2) is 5.05. The molecule has 0 N–H and O–H groups in total. The van der Waals surface area contributed by atoms with Crippen molar-refractivity contribution in [2.75, 3.05) is 18.0 Å². The van der Waals surface area contributed by atoms with Gasteiger partial charge in [0.25, 0.3) is 5.69 Å². The second-order valence-corrected chi connectivity index (χ2v) is 4.58. The molecule has 0 aliphatic carbocycles. The Morgan fingerprint density at radius 3 is 2.56 bits per heavy atom. The number of piperidine rings is 1. The molecule has 94 valence electrons. The summed E-state index contributed by atoms with van der Waals surface area (Å²) >= 11 is 0. The van der Waals surface area contributed by atoms with Gasteiger partial charge >= 0.3 is 0 Å². The van der Waals surface area contributed by atoms with Crippen LogP contribution >= 0.6 is 0 Å². The number of aryl methyl sites for hydroxylation is 1. The molecule has 1 aromatic carbocycles. The molecule has 0 unspecified atom stereocenters. The van der Waals surface area contributed by atoms with Gasteiger partial charge in [0, 0.05) is 19.2 Å². The third kappa shape index (κ3) is 2.28. The van der Waals surface area contributed by atoms with Gasteiger partial charge in [0.15, 0.2) is 0 Å². The first-order valence-corrected chi connectivity index (χ1v) is 6.07. The highest BCUT2D eigenvalue weighted by molar-refractivity contribution is 5.70. The van der Waals surface area contributed by atoms with Gasteiger partial charge in [-0.15, -0.1) is 0 Å². The van der Waals surface area contributed by atoms with Gasteiger partial charge in [0.2, 0.25) is 0 Å². The molecule has 1 aliphatic heterocycles. The molecule has 0 radical (unpaired) electrons. The van der Waals surface area contributed by atoms with Gasteiger partial charge in [-0.05, 0) is 37.8 Å². The first kappa shape index (κ1) is 12.4. The number of benzene rings is 1. The standard InChI is InChI=1S/C13H15N3O2/c1-10-7-11(9-14)8-12(16(17)18)13(10)15-5-3-2-4-6-15/h7-8H,2-6H2,1H3. The lowest BCUT2D eigenvalue weighted by atomic mass is 10.0. The third-order valence-electron chi connectivity index (χ3n) is 3.28. The minimum atomic E-state index is -0.391. The van der Waals surface area contributed by atoms with Crippen LogP contribution in [0.25, 0.3) is 0 Å². The molecule has 0 spiro atoms. The van der Waals surface area contributed by atoms with Crippen LogP contribution in [0.1, 0.15) is 30.4 Å². The molecule has 5 nitrogen and oxygen atoms in total. The molecule has 0 saturated carbocycles. The Kier molecular flexibility index (Phi) is 3.47. The van der Waals surface area contributed by atoms with Crippen LogP contribution in [0.3, 0.4) is 0 Å². The number of rotatable bonds is 2. The number of anilines is 1. The molecule has 5 heteroatoms. The van der Waals surface area contributed by atoms with Crippen molar-refractivity contribution in [3.8, 4) is 6.07 Å². The largest absolute Gasteiger partial charge is 0.366 e. The summed E-state index contributed by atoms with van der Waals surface area (Å²) < 4.78 is 0. The van der Waals surface area contributed by atoms with E-state index in [1.807, 2.05) is 13.0 Å². The fourth-order valence-corrected chi connectivity index (χ4v) is 2.49. The predicted molar refractivity (Wildman–Crippen MR) is 68.6 cm³/mol. The number of nitro benzene ring substituents is 1. The Hall–Kier alpha value is -2.09. The smallest absolute Gasteiger partial charge is 0.294 e. The summed E-state index contributed by atoms with van der Waals surface area (Å²) in [5, 5.41) is 20.0. The van der Waals surface area contributed by atoms with E-state index >= 15 is 0 Å². The Labute approximate surface area is 106 Å². The fraction of sp³-hybridized carbons (Fsp3) is 0.462. The molecular weight excluding hydrogens is 230 g/mol. The predicted octanol–water partition coefficient (Wildman–Crippen LogP) is 2.77. The zero-order valence-electron chi connectivity index (χ0n) is 10.3. The lowest BCUT2D eigenvalue weighted by Crippen LogP contribution is -2.30. The van der Waals surface area contributed by atoms with Gasteiger partial charge in [0.05, 0.1) is 16.6 Å². The normalized spacial score (nSPS) is 15.2. The van der Waals surface area contributed by atoms with E-state index in [4.69, 9.17) is 5.26 Å². The first-order chi connectivity index (χ1) is 8.63. The van der Waals surface area contributed by atoms with Crippen molar-refractivity contribution in [3.63, 3.8) is 0 Å². The molecule has 1 aromatic rings. The number of nitrogens with zero attached hydrogens (tertiary/aromatic N) is 3. The lowest BCUT2D eigenvalue weighted by molar-refractivity contribution is -0.384. The molecule has 0 amide bonds. The molecule has 18 heavy (non-hydrogen) atoms. The number of nitro groups is 1. The highest BCUT2D eigenvalue weighted by Gasteiger charge is 2.24. The van der Waals surface area contributed by atoms with E-state index in [9.17, 15) is 10.1 Å². The SMILES string of the molecule is Cc1cc(C#N)cc([N+](=O)[O-])c1N1CCCCC1. The van der Waals surface area contributed by atoms with E-state index in [1.54, 1.807) is 6.07 Å². The quantitative estimate of drug-likeness (QED) is 0.593. The van der Waals surface area contributed by atoms with Crippen LogP contribution < -0.4 is 4.90 Å². The zero-order valence-corrected chi connectivity index (χ0v) is 10.3. The van der Waals surface area contributed by atoms with Crippen LogP contribution in [-0.4, -0.2) is 18.0 Å². The number of hydrogen-bond donors (Lipinski definition) is 0. The molecule has 1 saturated heterocycles. The van der Waals surface area contributed by atoms with Crippen molar-refractivity contribution < 1.29 is 4.92 Å². The van der Waals surface area contributed by atoms with E-state index in [2.05, 4.69) is 4.90 Å². The molecule has 1 fully saturated rings. The highest BCUT2D eigenvalue weighted by atomic mass is 16.6. The summed E-state index contributed by atoms with van der Waals surface area (Å²) in [6.07, 6.45) is 3.31. The van der Waals surface area contributed by atoms with Gasteiger partial charge in [-0.1, -0.05) is 0 Å². The maximum atomic E-state index is 11.2. The van der Waals surface area contributed by atoms with Crippen molar-refractivity contribution in [1.29, 1.82) is 5.26 Å². The van der Waals surface area contributed by atoms with E-state index < -0.39 is 4.92 Å².